The molecule has 0 bridgehead atoms. The highest BCUT2D eigenvalue weighted by atomic mass is 15.2. The molecule has 1 aromatic rings. The molecule has 0 spiro atoms. The van der Waals surface area contributed by atoms with Crippen molar-refractivity contribution in [2.75, 3.05) is 18.5 Å². The maximum atomic E-state index is 4.57. The van der Waals surface area contributed by atoms with Gasteiger partial charge >= 0.3 is 0 Å². The Hall–Kier alpha value is -1.09. The van der Waals surface area contributed by atoms with E-state index in [4.69, 9.17) is 0 Å². The molecule has 3 nitrogen and oxygen atoms in total. The molecule has 0 saturated heterocycles. The van der Waals surface area contributed by atoms with E-state index in [9.17, 15) is 0 Å². The summed E-state index contributed by atoms with van der Waals surface area (Å²) < 4.78 is 0. The third-order valence-corrected chi connectivity index (χ3v) is 3.55. The van der Waals surface area contributed by atoms with Gasteiger partial charge in [-0.25, -0.2) is 4.98 Å². The molecule has 1 saturated carbocycles. The van der Waals surface area contributed by atoms with Crippen LogP contribution in [0.25, 0.3) is 0 Å². The summed E-state index contributed by atoms with van der Waals surface area (Å²) in [5.41, 5.74) is 1.32. The summed E-state index contributed by atoms with van der Waals surface area (Å²) in [6.45, 7) is 7.84. The first-order chi connectivity index (χ1) is 8.61. The first-order valence-electron chi connectivity index (χ1n) is 7.01. The highest BCUT2D eigenvalue weighted by molar-refractivity contribution is 5.44. The maximum Gasteiger partial charge on any atom is 0.129 e. The second kappa shape index (κ2) is 5.70. The van der Waals surface area contributed by atoms with Crippen molar-refractivity contribution in [3.8, 4) is 0 Å². The van der Waals surface area contributed by atoms with Crippen molar-refractivity contribution in [1.29, 1.82) is 0 Å². The van der Waals surface area contributed by atoms with Crippen LogP contribution < -0.4 is 10.2 Å². The number of nitrogens with zero attached hydrogens (tertiary/aromatic N) is 2. The molecule has 1 N–H and O–H groups in total. The van der Waals surface area contributed by atoms with Crippen LogP contribution in [0.3, 0.4) is 0 Å². The Morgan fingerprint density at radius 2 is 2.11 bits per heavy atom. The molecular formula is C15H25N3. The van der Waals surface area contributed by atoms with Crippen molar-refractivity contribution in [2.24, 2.45) is 5.92 Å². The minimum atomic E-state index is 0.381. The summed E-state index contributed by atoms with van der Waals surface area (Å²) in [6.07, 6.45) is 4.58. The quantitative estimate of drug-likeness (QED) is 0.837. The molecule has 1 aliphatic rings. The third-order valence-electron chi connectivity index (χ3n) is 3.55. The third kappa shape index (κ3) is 3.22. The molecule has 100 valence electrons. The van der Waals surface area contributed by atoms with Crippen LogP contribution in [-0.4, -0.2) is 24.6 Å². The van der Waals surface area contributed by atoms with Gasteiger partial charge in [-0.2, -0.15) is 0 Å². The van der Waals surface area contributed by atoms with Gasteiger partial charge in [0.1, 0.15) is 5.82 Å². The van der Waals surface area contributed by atoms with Crippen LogP contribution in [0.5, 0.6) is 0 Å². The number of aromatic nitrogens is 1. The number of rotatable bonds is 6. The van der Waals surface area contributed by atoms with Gasteiger partial charge in [-0.15, -0.1) is 0 Å². The monoisotopic (exact) mass is 247 g/mol. The summed E-state index contributed by atoms with van der Waals surface area (Å²) in [6, 6.07) is 5.44. The van der Waals surface area contributed by atoms with Crippen molar-refractivity contribution in [1.82, 2.24) is 10.3 Å². The van der Waals surface area contributed by atoms with E-state index in [1.165, 1.54) is 18.4 Å². The molecule has 3 heteroatoms. The predicted octanol–water partition coefficient (Wildman–Crippen LogP) is 2.99. The predicted molar refractivity (Wildman–Crippen MR) is 76.9 cm³/mol. The fraction of sp³-hybridized carbons (Fsp3) is 0.667. The van der Waals surface area contributed by atoms with Crippen LogP contribution in [0.4, 0.5) is 5.82 Å². The molecule has 1 aliphatic carbocycles. The van der Waals surface area contributed by atoms with Gasteiger partial charge in [-0.3, -0.25) is 0 Å². The van der Waals surface area contributed by atoms with E-state index in [0.717, 1.165) is 18.4 Å². The van der Waals surface area contributed by atoms with E-state index < -0.39 is 0 Å². The lowest BCUT2D eigenvalue weighted by Crippen LogP contribution is -2.30. The summed E-state index contributed by atoms with van der Waals surface area (Å²) in [4.78, 5) is 7.05. The summed E-state index contributed by atoms with van der Waals surface area (Å²) in [5.74, 6) is 1.82. The Bertz CT molecular complexity index is 385. The van der Waals surface area contributed by atoms with E-state index in [1.807, 2.05) is 13.2 Å². The fourth-order valence-electron chi connectivity index (χ4n) is 2.24. The van der Waals surface area contributed by atoms with Crippen molar-refractivity contribution >= 4 is 5.82 Å². The van der Waals surface area contributed by atoms with E-state index >= 15 is 0 Å². The Morgan fingerprint density at radius 3 is 2.67 bits per heavy atom. The Morgan fingerprint density at radius 1 is 1.39 bits per heavy atom. The first-order valence-corrected chi connectivity index (χ1v) is 7.01. The second-order valence-corrected chi connectivity index (χ2v) is 5.74. The average molecular weight is 247 g/mol. The van der Waals surface area contributed by atoms with Gasteiger partial charge in [0.2, 0.25) is 0 Å². The highest BCUT2D eigenvalue weighted by Crippen LogP contribution is 2.32. The molecule has 0 aromatic carbocycles. The standard InChI is InChI=1S/C15H25N3/c1-11(2)10-18(14-5-6-14)15-9-13(7-8-17-15)12(3)16-4/h7-9,11-12,14,16H,5-6,10H2,1-4H3. The van der Waals surface area contributed by atoms with Gasteiger partial charge in [0.05, 0.1) is 0 Å². The molecular weight excluding hydrogens is 222 g/mol. The Balaban J connectivity index is 2.19. The normalized spacial score (nSPS) is 16.9. The lowest BCUT2D eigenvalue weighted by Gasteiger charge is -2.26. The largest absolute Gasteiger partial charge is 0.353 e. The van der Waals surface area contributed by atoms with Crippen LogP contribution in [0, 0.1) is 5.92 Å². The molecule has 1 unspecified atom stereocenters. The van der Waals surface area contributed by atoms with Gasteiger partial charge in [0.15, 0.2) is 0 Å². The fourth-order valence-corrected chi connectivity index (χ4v) is 2.24. The van der Waals surface area contributed by atoms with Gasteiger partial charge in [0, 0.05) is 24.8 Å². The van der Waals surface area contributed by atoms with E-state index in [2.05, 4.69) is 48.1 Å². The molecule has 1 aromatic heterocycles. The zero-order valence-electron chi connectivity index (χ0n) is 12.0. The second-order valence-electron chi connectivity index (χ2n) is 5.74. The van der Waals surface area contributed by atoms with Crippen molar-refractivity contribution < 1.29 is 0 Å². The van der Waals surface area contributed by atoms with Gasteiger partial charge < -0.3 is 10.2 Å². The molecule has 0 aliphatic heterocycles. The van der Waals surface area contributed by atoms with E-state index in [0.29, 0.717) is 12.0 Å². The topological polar surface area (TPSA) is 28.2 Å². The Labute approximate surface area is 111 Å². The van der Waals surface area contributed by atoms with Gasteiger partial charge in [0.25, 0.3) is 0 Å². The van der Waals surface area contributed by atoms with Crippen LogP contribution in [0.1, 0.15) is 45.2 Å². The number of pyridine rings is 1. The van der Waals surface area contributed by atoms with Gasteiger partial charge in [-0.1, -0.05) is 13.8 Å². The lowest BCUT2D eigenvalue weighted by molar-refractivity contribution is 0.600. The number of hydrogen-bond donors (Lipinski definition) is 1. The smallest absolute Gasteiger partial charge is 0.129 e. The maximum absolute atomic E-state index is 4.57. The minimum Gasteiger partial charge on any atom is -0.353 e. The van der Waals surface area contributed by atoms with Crippen LogP contribution in [0.2, 0.25) is 0 Å². The van der Waals surface area contributed by atoms with E-state index in [1.54, 1.807) is 0 Å². The zero-order valence-corrected chi connectivity index (χ0v) is 12.0. The van der Waals surface area contributed by atoms with E-state index in [-0.39, 0.29) is 0 Å². The molecule has 18 heavy (non-hydrogen) atoms. The van der Waals surface area contributed by atoms with Gasteiger partial charge in [-0.05, 0) is 50.4 Å². The molecule has 0 radical (unpaired) electrons. The molecule has 2 rings (SSSR count). The van der Waals surface area contributed by atoms with Crippen molar-refractivity contribution in [2.45, 2.75) is 45.7 Å². The summed E-state index contributed by atoms with van der Waals surface area (Å²) >= 11 is 0. The number of nitrogens with one attached hydrogen (secondary N) is 1. The highest BCUT2D eigenvalue weighted by Gasteiger charge is 2.30. The first kappa shape index (κ1) is 13.3. The summed E-state index contributed by atoms with van der Waals surface area (Å²) in [5, 5.41) is 3.29. The van der Waals surface area contributed by atoms with Crippen LogP contribution in [0.15, 0.2) is 18.3 Å². The molecule has 1 heterocycles. The zero-order chi connectivity index (χ0) is 13.1. The molecule has 1 atom stereocenters. The number of hydrogen-bond acceptors (Lipinski definition) is 3. The lowest BCUT2D eigenvalue weighted by atomic mass is 10.1. The van der Waals surface area contributed by atoms with Crippen LogP contribution >= 0.6 is 0 Å². The summed E-state index contributed by atoms with van der Waals surface area (Å²) in [7, 11) is 2.00. The Kier molecular flexibility index (Phi) is 4.23. The van der Waals surface area contributed by atoms with Crippen LogP contribution in [-0.2, 0) is 0 Å². The average Bonchev–Trinajstić information content (AvgIpc) is 3.19. The van der Waals surface area contributed by atoms with Crippen molar-refractivity contribution in [3.63, 3.8) is 0 Å². The number of anilines is 1. The minimum absolute atomic E-state index is 0.381. The molecule has 0 amide bonds. The SMILES string of the molecule is CNC(C)c1ccnc(N(CC(C)C)C2CC2)c1. The van der Waals surface area contributed by atoms with Crippen molar-refractivity contribution in [3.05, 3.63) is 23.9 Å². The molecule has 1 fully saturated rings.